The van der Waals surface area contributed by atoms with Crippen LogP contribution in [0.4, 0.5) is 0 Å². The predicted molar refractivity (Wildman–Crippen MR) is 64.7 cm³/mol. The zero-order valence-electron chi connectivity index (χ0n) is 11.1. The van der Waals surface area contributed by atoms with E-state index < -0.39 is 17.7 Å². The highest BCUT2D eigenvalue weighted by Gasteiger charge is 2.40. The zero-order valence-corrected chi connectivity index (χ0v) is 11.1. The molecule has 1 saturated heterocycles. The summed E-state index contributed by atoms with van der Waals surface area (Å²) in [7, 11) is 0. The number of hydrogen-bond acceptors (Lipinski definition) is 5. The fraction of sp³-hybridized carbons (Fsp3) is 0.692. The number of aliphatic hydroxyl groups is 1. The SMILES string of the molecule is CCCCCCC(O)=C1C(=O)OC(C)(C)OC1=O. The first-order valence-electron chi connectivity index (χ1n) is 6.26. The predicted octanol–water partition coefficient (Wildman–Crippen LogP) is 2.61. The summed E-state index contributed by atoms with van der Waals surface area (Å²) in [6, 6.07) is 0. The quantitative estimate of drug-likeness (QED) is 0.269. The molecule has 1 heterocycles. The minimum absolute atomic E-state index is 0.239. The number of rotatable bonds is 5. The fourth-order valence-corrected chi connectivity index (χ4v) is 1.73. The molecule has 1 aliphatic heterocycles. The van der Waals surface area contributed by atoms with Gasteiger partial charge in [-0.25, -0.2) is 9.59 Å². The molecule has 0 amide bonds. The van der Waals surface area contributed by atoms with Gasteiger partial charge in [-0.15, -0.1) is 0 Å². The van der Waals surface area contributed by atoms with Gasteiger partial charge in [0.25, 0.3) is 5.79 Å². The van der Waals surface area contributed by atoms with Gasteiger partial charge in [-0.05, 0) is 6.42 Å². The molecule has 5 heteroatoms. The summed E-state index contributed by atoms with van der Waals surface area (Å²) in [6.45, 7) is 5.02. The summed E-state index contributed by atoms with van der Waals surface area (Å²) in [5.74, 6) is -3.13. The van der Waals surface area contributed by atoms with Gasteiger partial charge < -0.3 is 14.6 Å². The minimum Gasteiger partial charge on any atom is -0.511 e. The lowest BCUT2D eigenvalue weighted by atomic mass is 10.1. The molecule has 0 aromatic rings. The average Bonchev–Trinajstić information content (AvgIpc) is 2.21. The molecule has 5 nitrogen and oxygen atoms in total. The van der Waals surface area contributed by atoms with Crippen molar-refractivity contribution in [1.82, 2.24) is 0 Å². The lowest BCUT2D eigenvalue weighted by Gasteiger charge is -2.30. The lowest BCUT2D eigenvalue weighted by Crippen LogP contribution is -2.42. The molecule has 1 N–H and O–H groups in total. The van der Waals surface area contributed by atoms with Gasteiger partial charge in [0.05, 0.1) is 0 Å². The van der Waals surface area contributed by atoms with Crippen molar-refractivity contribution in [2.45, 2.75) is 58.7 Å². The molecule has 0 saturated carbocycles. The second-order valence-electron chi connectivity index (χ2n) is 4.81. The van der Waals surface area contributed by atoms with E-state index in [1.165, 1.54) is 13.8 Å². The highest BCUT2D eigenvalue weighted by molar-refractivity contribution is 6.15. The monoisotopic (exact) mass is 256 g/mol. The Morgan fingerprint density at radius 1 is 1.11 bits per heavy atom. The Labute approximate surface area is 107 Å². The summed E-state index contributed by atoms with van der Waals surface area (Å²) < 4.78 is 9.81. The van der Waals surface area contributed by atoms with Crippen LogP contribution < -0.4 is 0 Å². The van der Waals surface area contributed by atoms with Crippen LogP contribution in [0, 0.1) is 0 Å². The van der Waals surface area contributed by atoms with E-state index in [9.17, 15) is 14.7 Å². The summed E-state index contributed by atoms with van der Waals surface area (Å²) in [6.07, 6.45) is 4.11. The number of ether oxygens (including phenoxy) is 2. The molecular formula is C13H20O5. The van der Waals surface area contributed by atoms with E-state index in [2.05, 4.69) is 6.92 Å². The first kappa shape index (κ1) is 14.5. The maximum absolute atomic E-state index is 11.6. The molecule has 18 heavy (non-hydrogen) atoms. The van der Waals surface area contributed by atoms with Crippen LogP contribution in [0.3, 0.4) is 0 Å². The highest BCUT2D eigenvalue weighted by atomic mass is 16.7. The van der Waals surface area contributed by atoms with Crippen LogP contribution in [0.25, 0.3) is 0 Å². The van der Waals surface area contributed by atoms with Crippen LogP contribution in [0.15, 0.2) is 11.3 Å². The van der Waals surface area contributed by atoms with Gasteiger partial charge in [0, 0.05) is 20.3 Å². The van der Waals surface area contributed by atoms with Gasteiger partial charge in [0.1, 0.15) is 5.76 Å². The number of carbonyl (C=O) groups excluding carboxylic acids is 2. The molecule has 1 fully saturated rings. The normalized spacial score (nSPS) is 18.3. The van der Waals surface area contributed by atoms with Crippen molar-refractivity contribution in [1.29, 1.82) is 0 Å². The van der Waals surface area contributed by atoms with E-state index in [4.69, 9.17) is 9.47 Å². The van der Waals surface area contributed by atoms with Crippen molar-refractivity contribution in [2.75, 3.05) is 0 Å². The van der Waals surface area contributed by atoms with Crippen molar-refractivity contribution in [3.63, 3.8) is 0 Å². The number of unbranched alkanes of at least 4 members (excludes halogenated alkanes) is 3. The maximum atomic E-state index is 11.6. The van der Waals surface area contributed by atoms with Crippen LogP contribution in [-0.2, 0) is 19.1 Å². The van der Waals surface area contributed by atoms with Crippen molar-refractivity contribution < 1.29 is 24.2 Å². The van der Waals surface area contributed by atoms with Crippen LogP contribution in [0.1, 0.15) is 52.9 Å². The number of cyclic esters (lactones) is 2. The number of esters is 2. The number of carbonyl (C=O) groups is 2. The van der Waals surface area contributed by atoms with E-state index in [1.807, 2.05) is 0 Å². The van der Waals surface area contributed by atoms with Gasteiger partial charge in [-0.1, -0.05) is 26.2 Å². The molecule has 0 radical (unpaired) electrons. The molecule has 0 aliphatic carbocycles. The Kier molecular flexibility index (Phi) is 4.76. The summed E-state index contributed by atoms with van der Waals surface area (Å²) in [5, 5.41) is 9.76. The molecule has 0 aromatic heterocycles. The van der Waals surface area contributed by atoms with E-state index in [-0.39, 0.29) is 11.3 Å². The standard InChI is InChI=1S/C13H20O5/c1-4-5-6-7-8-9(14)10-11(15)17-13(2,3)18-12(10)16/h14H,4-8H2,1-3H3. The maximum Gasteiger partial charge on any atom is 0.352 e. The molecule has 1 rings (SSSR count). The molecule has 0 aromatic carbocycles. The minimum atomic E-state index is -1.26. The van der Waals surface area contributed by atoms with Gasteiger partial charge in [-0.3, -0.25) is 0 Å². The third-order valence-corrected chi connectivity index (χ3v) is 2.64. The summed E-state index contributed by atoms with van der Waals surface area (Å²) >= 11 is 0. The third kappa shape index (κ3) is 3.75. The second kappa shape index (κ2) is 5.89. The Bertz CT molecular complexity index is 346. The largest absolute Gasteiger partial charge is 0.511 e. The molecule has 102 valence electrons. The smallest absolute Gasteiger partial charge is 0.352 e. The van der Waals surface area contributed by atoms with Crippen LogP contribution in [0.5, 0.6) is 0 Å². The third-order valence-electron chi connectivity index (χ3n) is 2.64. The molecule has 0 unspecified atom stereocenters. The second-order valence-corrected chi connectivity index (χ2v) is 4.81. The number of hydrogen-bond donors (Lipinski definition) is 1. The average molecular weight is 256 g/mol. The van der Waals surface area contributed by atoms with Crippen molar-refractivity contribution >= 4 is 11.9 Å². The van der Waals surface area contributed by atoms with Gasteiger partial charge in [0.2, 0.25) is 0 Å². The van der Waals surface area contributed by atoms with Gasteiger partial charge >= 0.3 is 11.9 Å². The molecule has 1 aliphatic rings. The Hall–Kier alpha value is -1.52. The van der Waals surface area contributed by atoms with Crippen LogP contribution in [0.2, 0.25) is 0 Å². The number of allylic oxidation sites excluding steroid dienone is 1. The Balaban J connectivity index is 2.68. The lowest BCUT2D eigenvalue weighted by molar-refractivity contribution is -0.222. The first-order valence-corrected chi connectivity index (χ1v) is 6.26. The number of aliphatic hydroxyl groups excluding tert-OH is 1. The van der Waals surface area contributed by atoms with Gasteiger partial charge in [-0.2, -0.15) is 0 Å². The van der Waals surface area contributed by atoms with Crippen molar-refractivity contribution in [3.8, 4) is 0 Å². The fourth-order valence-electron chi connectivity index (χ4n) is 1.73. The summed E-state index contributed by atoms with van der Waals surface area (Å²) in [5.41, 5.74) is -0.370. The van der Waals surface area contributed by atoms with Crippen LogP contribution in [-0.4, -0.2) is 22.8 Å². The molecular weight excluding hydrogens is 236 g/mol. The topological polar surface area (TPSA) is 72.8 Å². The van der Waals surface area contributed by atoms with Gasteiger partial charge in [0.15, 0.2) is 5.57 Å². The van der Waals surface area contributed by atoms with E-state index in [1.54, 1.807) is 0 Å². The first-order chi connectivity index (χ1) is 8.37. The Morgan fingerprint density at radius 2 is 1.67 bits per heavy atom. The van der Waals surface area contributed by atoms with E-state index >= 15 is 0 Å². The molecule has 0 atom stereocenters. The highest BCUT2D eigenvalue weighted by Crippen LogP contribution is 2.25. The summed E-state index contributed by atoms with van der Waals surface area (Å²) in [4.78, 5) is 23.2. The van der Waals surface area contributed by atoms with E-state index in [0.29, 0.717) is 6.42 Å². The van der Waals surface area contributed by atoms with Crippen LogP contribution >= 0.6 is 0 Å². The van der Waals surface area contributed by atoms with Crippen molar-refractivity contribution in [3.05, 3.63) is 11.3 Å². The molecule has 0 bridgehead atoms. The zero-order chi connectivity index (χ0) is 13.8. The Morgan fingerprint density at radius 3 is 2.17 bits per heavy atom. The van der Waals surface area contributed by atoms with Crippen molar-refractivity contribution in [2.24, 2.45) is 0 Å². The molecule has 0 spiro atoms. The van der Waals surface area contributed by atoms with E-state index in [0.717, 1.165) is 25.7 Å².